The van der Waals surface area contributed by atoms with E-state index in [9.17, 15) is 0 Å². The highest BCUT2D eigenvalue weighted by Crippen LogP contribution is 2.45. The molecule has 1 aromatic rings. The third-order valence-corrected chi connectivity index (χ3v) is 3.58. The number of nitrogens with one attached hydrogen (secondary N) is 1. The highest BCUT2D eigenvalue weighted by Gasteiger charge is 2.44. The van der Waals surface area contributed by atoms with Crippen molar-refractivity contribution in [1.82, 2.24) is 0 Å². The fourth-order valence-corrected chi connectivity index (χ4v) is 2.35. The number of benzene rings is 1. The van der Waals surface area contributed by atoms with Gasteiger partial charge >= 0.3 is 0 Å². The van der Waals surface area contributed by atoms with Crippen LogP contribution in [0.25, 0.3) is 0 Å². The number of hydrogen-bond acceptors (Lipinski definition) is 2. The first kappa shape index (κ1) is 14.3. The number of ether oxygens (including phenoxy) is 1. The summed E-state index contributed by atoms with van der Waals surface area (Å²) < 4.78 is 5.38. The second-order valence-electron chi connectivity index (χ2n) is 4.20. The van der Waals surface area contributed by atoms with Crippen molar-refractivity contribution >= 4 is 29.9 Å². The second-order valence-corrected chi connectivity index (χ2v) is 4.64. The Labute approximate surface area is 113 Å². The fourth-order valence-electron chi connectivity index (χ4n) is 2.23. The van der Waals surface area contributed by atoms with Gasteiger partial charge in [-0.2, -0.15) is 0 Å². The molecule has 0 amide bonds. The third-order valence-electron chi connectivity index (χ3n) is 3.33. The zero-order valence-electron chi connectivity index (χ0n) is 9.83. The molecule has 94 valence electrons. The summed E-state index contributed by atoms with van der Waals surface area (Å²) >= 11 is 5.88. The Hall–Kier alpha value is -0.730. The average Bonchev–Trinajstić information content (AvgIpc) is 2.19. The molecule has 2 nitrogen and oxygen atoms in total. The predicted octanol–water partition coefficient (Wildman–Crippen LogP) is 4.20. The maximum atomic E-state index is 8.03. The molecule has 1 saturated carbocycles. The van der Waals surface area contributed by atoms with Gasteiger partial charge in [-0.05, 0) is 37.5 Å². The standard InChI is InChI=1S/C13H16ClNO.ClH/c1-2-16-12(15)13(8-3-9-13)10-4-6-11(14)7-5-10;/h4-7,15H,2-3,8-9H2,1H3;1H. The van der Waals surface area contributed by atoms with Crippen molar-refractivity contribution in [3.05, 3.63) is 34.9 Å². The molecule has 17 heavy (non-hydrogen) atoms. The lowest BCUT2D eigenvalue weighted by Crippen LogP contribution is -2.43. The maximum absolute atomic E-state index is 8.03. The van der Waals surface area contributed by atoms with Crippen LogP contribution in [0.2, 0.25) is 5.02 Å². The molecule has 0 aliphatic heterocycles. The molecule has 1 aliphatic carbocycles. The minimum absolute atomic E-state index is 0. The first-order valence-electron chi connectivity index (χ1n) is 5.67. The summed E-state index contributed by atoms with van der Waals surface area (Å²) in [6.07, 6.45) is 3.18. The molecule has 2 rings (SSSR count). The Morgan fingerprint density at radius 3 is 2.35 bits per heavy atom. The Kier molecular flexibility index (Phi) is 4.84. The molecule has 0 spiro atoms. The van der Waals surface area contributed by atoms with Gasteiger partial charge in [-0.1, -0.05) is 30.2 Å². The summed E-state index contributed by atoms with van der Waals surface area (Å²) in [7, 11) is 0. The maximum Gasteiger partial charge on any atom is 0.191 e. The van der Waals surface area contributed by atoms with Crippen molar-refractivity contribution in [2.45, 2.75) is 31.6 Å². The van der Waals surface area contributed by atoms with Gasteiger partial charge in [-0.3, -0.25) is 5.41 Å². The van der Waals surface area contributed by atoms with E-state index in [0.717, 1.165) is 29.8 Å². The lowest BCUT2D eigenvalue weighted by Gasteiger charge is -2.41. The van der Waals surface area contributed by atoms with Crippen molar-refractivity contribution in [3.8, 4) is 0 Å². The molecule has 0 saturated heterocycles. The van der Waals surface area contributed by atoms with Gasteiger partial charge < -0.3 is 4.74 Å². The van der Waals surface area contributed by atoms with E-state index < -0.39 is 0 Å². The molecular formula is C13H17Cl2NO. The van der Waals surface area contributed by atoms with E-state index in [-0.39, 0.29) is 17.8 Å². The number of hydrogen-bond donors (Lipinski definition) is 1. The normalized spacial score (nSPS) is 16.6. The van der Waals surface area contributed by atoms with E-state index in [1.54, 1.807) is 0 Å². The van der Waals surface area contributed by atoms with E-state index in [2.05, 4.69) is 0 Å². The van der Waals surface area contributed by atoms with Gasteiger partial charge in [0.05, 0.1) is 12.0 Å². The Balaban J connectivity index is 0.00000144. The van der Waals surface area contributed by atoms with Crippen LogP contribution in [0.15, 0.2) is 24.3 Å². The Morgan fingerprint density at radius 2 is 1.94 bits per heavy atom. The van der Waals surface area contributed by atoms with Gasteiger partial charge in [0.25, 0.3) is 0 Å². The topological polar surface area (TPSA) is 33.1 Å². The average molecular weight is 274 g/mol. The van der Waals surface area contributed by atoms with Crippen molar-refractivity contribution in [3.63, 3.8) is 0 Å². The highest BCUT2D eigenvalue weighted by molar-refractivity contribution is 6.30. The van der Waals surface area contributed by atoms with E-state index in [1.807, 2.05) is 31.2 Å². The number of halogens is 2. The van der Waals surface area contributed by atoms with Gasteiger partial charge in [0.1, 0.15) is 0 Å². The third kappa shape index (κ3) is 2.58. The Morgan fingerprint density at radius 1 is 1.35 bits per heavy atom. The summed E-state index contributed by atoms with van der Waals surface area (Å²) in [6.45, 7) is 2.48. The summed E-state index contributed by atoms with van der Waals surface area (Å²) in [4.78, 5) is 0. The minimum atomic E-state index is -0.180. The fraction of sp³-hybridized carbons (Fsp3) is 0.462. The number of rotatable bonds is 3. The first-order valence-corrected chi connectivity index (χ1v) is 6.05. The van der Waals surface area contributed by atoms with Crippen LogP contribution < -0.4 is 0 Å². The van der Waals surface area contributed by atoms with Crippen molar-refractivity contribution in [2.75, 3.05) is 6.61 Å². The predicted molar refractivity (Wildman–Crippen MR) is 73.6 cm³/mol. The molecule has 0 heterocycles. The summed E-state index contributed by atoms with van der Waals surface area (Å²) in [5.41, 5.74) is 0.974. The highest BCUT2D eigenvalue weighted by atomic mass is 35.5. The van der Waals surface area contributed by atoms with E-state index in [0.29, 0.717) is 12.5 Å². The monoisotopic (exact) mass is 273 g/mol. The van der Waals surface area contributed by atoms with Gasteiger partial charge in [0, 0.05) is 5.02 Å². The minimum Gasteiger partial charge on any atom is -0.481 e. The molecule has 4 heteroatoms. The van der Waals surface area contributed by atoms with Gasteiger partial charge in [-0.25, -0.2) is 0 Å². The molecule has 0 aromatic heterocycles. The molecule has 1 N–H and O–H groups in total. The van der Waals surface area contributed by atoms with Crippen molar-refractivity contribution < 1.29 is 4.74 Å². The quantitative estimate of drug-likeness (QED) is 0.650. The molecule has 0 radical (unpaired) electrons. The lowest BCUT2D eigenvalue weighted by atomic mass is 9.64. The summed E-state index contributed by atoms with van der Waals surface area (Å²) in [5, 5.41) is 8.77. The van der Waals surface area contributed by atoms with E-state index in [1.165, 1.54) is 0 Å². The van der Waals surface area contributed by atoms with Crippen LogP contribution in [0, 0.1) is 5.41 Å². The molecule has 0 bridgehead atoms. The van der Waals surface area contributed by atoms with Crippen LogP contribution in [-0.4, -0.2) is 12.5 Å². The smallest absolute Gasteiger partial charge is 0.191 e. The first-order chi connectivity index (χ1) is 7.69. The van der Waals surface area contributed by atoms with E-state index in [4.69, 9.17) is 21.7 Å². The SMILES string of the molecule is CCOC(=N)C1(c2ccc(Cl)cc2)CCC1.Cl. The van der Waals surface area contributed by atoms with Crippen molar-refractivity contribution in [2.24, 2.45) is 0 Å². The molecule has 0 unspecified atom stereocenters. The van der Waals surface area contributed by atoms with Gasteiger partial charge in [0.15, 0.2) is 5.90 Å². The molecule has 0 atom stereocenters. The molecule has 1 fully saturated rings. The van der Waals surface area contributed by atoms with Crippen LogP contribution in [0.4, 0.5) is 0 Å². The summed E-state index contributed by atoms with van der Waals surface area (Å²) in [5.74, 6) is 0.406. The molecular weight excluding hydrogens is 257 g/mol. The van der Waals surface area contributed by atoms with Crippen molar-refractivity contribution in [1.29, 1.82) is 5.41 Å². The zero-order chi connectivity index (χ0) is 11.6. The van der Waals surface area contributed by atoms with Crippen LogP contribution in [0.3, 0.4) is 0 Å². The van der Waals surface area contributed by atoms with Crippen LogP contribution in [0.5, 0.6) is 0 Å². The van der Waals surface area contributed by atoms with Crippen LogP contribution >= 0.6 is 24.0 Å². The Bertz CT molecular complexity index is 385. The van der Waals surface area contributed by atoms with Gasteiger partial charge in [-0.15, -0.1) is 12.4 Å². The largest absolute Gasteiger partial charge is 0.481 e. The van der Waals surface area contributed by atoms with Crippen LogP contribution in [-0.2, 0) is 10.2 Å². The molecule has 1 aliphatic rings. The molecule has 1 aromatic carbocycles. The second kappa shape index (κ2) is 5.74. The lowest BCUT2D eigenvalue weighted by molar-refractivity contribution is 0.230. The summed E-state index contributed by atoms with van der Waals surface area (Å²) in [6, 6.07) is 7.79. The zero-order valence-corrected chi connectivity index (χ0v) is 11.4. The van der Waals surface area contributed by atoms with Gasteiger partial charge in [0.2, 0.25) is 0 Å². The van der Waals surface area contributed by atoms with E-state index >= 15 is 0 Å². The van der Waals surface area contributed by atoms with Crippen LogP contribution in [0.1, 0.15) is 31.7 Å².